The first-order valence-electron chi connectivity index (χ1n) is 9.25. The van der Waals surface area contributed by atoms with Crippen molar-refractivity contribution >= 4 is 0 Å². The molecule has 0 N–H and O–H groups in total. The molecule has 0 bridgehead atoms. The van der Waals surface area contributed by atoms with Crippen LogP contribution in [0.3, 0.4) is 0 Å². The van der Waals surface area contributed by atoms with Crippen molar-refractivity contribution in [1.82, 2.24) is 0 Å². The molecule has 0 saturated carbocycles. The zero-order valence-corrected chi connectivity index (χ0v) is 17.5. The van der Waals surface area contributed by atoms with Crippen molar-refractivity contribution in [2.24, 2.45) is 0 Å². The molecule has 0 nitrogen and oxygen atoms in total. The third kappa shape index (κ3) is 2.08. The minimum absolute atomic E-state index is 0.0185. The minimum Gasteiger partial charge on any atom is -0.101 e. The van der Waals surface area contributed by atoms with E-state index in [1.54, 1.807) is 0 Å². The zero-order chi connectivity index (χ0) is 18.8. The maximum atomic E-state index is 3.38. The average Bonchev–Trinajstić information content (AvgIpc) is 2.80. The fourth-order valence-electron chi connectivity index (χ4n) is 5.09. The third-order valence-electron chi connectivity index (χ3n) is 6.75. The van der Waals surface area contributed by atoms with Gasteiger partial charge in [0, 0.05) is 11.0 Å². The number of rotatable bonds is 0. The van der Waals surface area contributed by atoms with Crippen LogP contribution in [0.4, 0.5) is 0 Å². The van der Waals surface area contributed by atoms with Gasteiger partial charge in [-0.05, 0) is 117 Å². The normalized spacial score (nSPS) is 14.0. The summed E-state index contributed by atoms with van der Waals surface area (Å²) in [7, 11) is 0. The summed E-state index contributed by atoms with van der Waals surface area (Å²) in [5, 5.41) is 0. The number of hydrogen-bond acceptors (Lipinski definition) is 0. The van der Waals surface area contributed by atoms with Crippen LogP contribution in [0.15, 0.2) is 0 Å². The summed E-state index contributed by atoms with van der Waals surface area (Å²) in [5.74, 6) is 6.50. The minimum atomic E-state index is 0.0185. The van der Waals surface area contributed by atoms with Gasteiger partial charge in [-0.1, -0.05) is 19.8 Å². The number of fused-ring (bicyclic) bond motifs is 3. The predicted molar refractivity (Wildman–Crippen MR) is 110 cm³/mol. The van der Waals surface area contributed by atoms with Crippen molar-refractivity contribution in [2.45, 2.75) is 74.7 Å². The zero-order valence-electron chi connectivity index (χ0n) is 17.5. The molecule has 0 atom stereocenters. The van der Waals surface area contributed by atoms with Gasteiger partial charge in [0.2, 0.25) is 0 Å². The SMILES string of the molecule is CC#Cc1c(C)c(C)c2c(c1C)C(C)(C)c1c(C)c(C)c(C)c(C)c1-2. The fourth-order valence-corrected chi connectivity index (χ4v) is 5.09. The highest BCUT2D eigenvalue weighted by Gasteiger charge is 2.41. The highest BCUT2D eigenvalue weighted by Crippen LogP contribution is 2.55. The Balaban J connectivity index is 2.62. The second kappa shape index (κ2) is 5.50. The molecule has 0 heteroatoms. The topological polar surface area (TPSA) is 0 Å². The first kappa shape index (κ1) is 17.8. The molecular weight excluding hydrogens is 300 g/mol. The Morgan fingerprint density at radius 1 is 0.560 bits per heavy atom. The Morgan fingerprint density at radius 2 is 1.00 bits per heavy atom. The first-order valence-corrected chi connectivity index (χ1v) is 9.25. The summed E-state index contributed by atoms with van der Waals surface area (Å²) in [6.07, 6.45) is 0. The quantitative estimate of drug-likeness (QED) is 0.482. The van der Waals surface area contributed by atoms with E-state index in [1.165, 1.54) is 66.8 Å². The molecule has 2 aromatic rings. The van der Waals surface area contributed by atoms with Crippen LogP contribution in [0.25, 0.3) is 11.1 Å². The smallest absolute Gasteiger partial charge is 0.0309 e. The van der Waals surface area contributed by atoms with Crippen molar-refractivity contribution in [3.05, 3.63) is 55.6 Å². The lowest BCUT2D eigenvalue weighted by Crippen LogP contribution is -2.19. The molecule has 0 heterocycles. The Hall–Kier alpha value is -2.00. The van der Waals surface area contributed by atoms with Gasteiger partial charge in [-0.25, -0.2) is 0 Å². The summed E-state index contributed by atoms with van der Waals surface area (Å²) in [6, 6.07) is 0. The largest absolute Gasteiger partial charge is 0.101 e. The van der Waals surface area contributed by atoms with Gasteiger partial charge in [-0.15, -0.1) is 5.92 Å². The van der Waals surface area contributed by atoms with Crippen molar-refractivity contribution < 1.29 is 0 Å². The van der Waals surface area contributed by atoms with Crippen LogP contribution in [-0.4, -0.2) is 0 Å². The summed E-state index contributed by atoms with van der Waals surface area (Å²) in [6.45, 7) is 22.7. The molecule has 0 aromatic heterocycles. The number of benzene rings is 2. The Labute approximate surface area is 153 Å². The van der Waals surface area contributed by atoms with E-state index < -0.39 is 0 Å². The molecule has 0 spiro atoms. The summed E-state index contributed by atoms with van der Waals surface area (Å²) >= 11 is 0. The first-order chi connectivity index (χ1) is 11.6. The van der Waals surface area contributed by atoms with Crippen LogP contribution < -0.4 is 0 Å². The Morgan fingerprint density at radius 3 is 1.52 bits per heavy atom. The molecular formula is C25H30. The summed E-state index contributed by atoms with van der Waals surface area (Å²) < 4.78 is 0. The van der Waals surface area contributed by atoms with E-state index in [0.29, 0.717) is 0 Å². The van der Waals surface area contributed by atoms with E-state index in [2.05, 4.69) is 74.2 Å². The lowest BCUT2D eigenvalue weighted by atomic mass is 9.76. The van der Waals surface area contributed by atoms with Crippen molar-refractivity contribution in [2.75, 3.05) is 0 Å². The van der Waals surface area contributed by atoms with Crippen molar-refractivity contribution in [3.8, 4) is 23.0 Å². The molecule has 0 aliphatic heterocycles. The van der Waals surface area contributed by atoms with Crippen LogP contribution in [0.5, 0.6) is 0 Å². The van der Waals surface area contributed by atoms with E-state index in [4.69, 9.17) is 0 Å². The van der Waals surface area contributed by atoms with E-state index in [0.717, 1.165) is 0 Å². The molecule has 0 unspecified atom stereocenters. The van der Waals surface area contributed by atoms with Gasteiger partial charge < -0.3 is 0 Å². The maximum absolute atomic E-state index is 3.38. The van der Waals surface area contributed by atoms with Crippen LogP contribution >= 0.6 is 0 Å². The molecule has 1 aliphatic rings. The van der Waals surface area contributed by atoms with Gasteiger partial charge in [-0.3, -0.25) is 0 Å². The second-order valence-electron chi connectivity index (χ2n) is 8.25. The lowest BCUT2D eigenvalue weighted by molar-refractivity contribution is 0.648. The van der Waals surface area contributed by atoms with Crippen LogP contribution in [0, 0.1) is 60.3 Å². The third-order valence-corrected chi connectivity index (χ3v) is 6.75. The molecule has 130 valence electrons. The fraction of sp³-hybridized carbons (Fsp3) is 0.440. The predicted octanol–water partition coefficient (Wildman–Crippen LogP) is 6.52. The maximum Gasteiger partial charge on any atom is 0.0309 e. The average molecular weight is 331 g/mol. The van der Waals surface area contributed by atoms with Crippen molar-refractivity contribution in [1.29, 1.82) is 0 Å². The molecule has 0 saturated heterocycles. The van der Waals surface area contributed by atoms with Gasteiger partial charge in [0.1, 0.15) is 0 Å². The van der Waals surface area contributed by atoms with Gasteiger partial charge in [0.25, 0.3) is 0 Å². The molecule has 25 heavy (non-hydrogen) atoms. The van der Waals surface area contributed by atoms with Crippen LogP contribution in [0.2, 0.25) is 0 Å². The summed E-state index contributed by atoms with van der Waals surface area (Å²) in [5.41, 5.74) is 17.1. The van der Waals surface area contributed by atoms with E-state index in [9.17, 15) is 0 Å². The second-order valence-corrected chi connectivity index (χ2v) is 8.25. The molecule has 1 aliphatic carbocycles. The van der Waals surface area contributed by atoms with Crippen molar-refractivity contribution in [3.63, 3.8) is 0 Å². The summed E-state index contributed by atoms with van der Waals surface area (Å²) in [4.78, 5) is 0. The van der Waals surface area contributed by atoms with E-state index >= 15 is 0 Å². The van der Waals surface area contributed by atoms with Gasteiger partial charge in [-0.2, -0.15) is 0 Å². The monoisotopic (exact) mass is 330 g/mol. The Bertz CT molecular complexity index is 986. The Kier molecular flexibility index (Phi) is 3.92. The van der Waals surface area contributed by atoms with Crippen LogP contribution in [-0.2, 0) is 5.41 Å². The van der Waals surface area contributed by atoms with Crippen LogP contribution in [0.1, 0.15) is 76.4 Å². The molecule has 2 aromatic carbocycles. The number of hydrogen-bond donors (Lipinski definition) is 0. The molecule has 0 fully saturated rings. The van der Waals surface area contributed by atoms with E-state index in [-0.39, 0.29) is 5.41 Å². The standard InChI is InChI=1S/C25H30/c1-11-12-20-15(4)17(6)22-21-16(5)13(2)14(3)18(7)23(21)25(9,10)24(22)19(20)8/h1-10H3. The van der Waals surface area contributed by atoms with Gasteiger partial charge in [0.15, 0.2) is 0 Å². The highest BCUT2D eigenvalue weighted by atomic mass is 14.4. The van der Waals surface area contributed by atoms with Gasteiger partial charge >= 0.3 is 0 Å². The molecule has 0 amide bonds. The highest BCUT2D eigenvalue weighted by molar-refractivity contribution is 5.90. The lowest BCUT2D eigenvalue weighted by Gasteiger charge is -2.27. The molecule has 3 rings (SSSR count). The van der Waals surface area contributed by atoms with E-state index in [1.807, 2.05) is 6.92 Å². The molecule has 0 radical (unpaired) electrons. The van der Waals surface area contributed by atoms with Gasteiger partial charge in [0.05, 0.1) is 0 Å².